The molecule has 1 aromatic heterocycles. The van der Waals surface area contributed by atoms with Crippen LogP contribution in [0.15, 0.2) is 18.2 Å². The quantitative estimate of drug-likeness (QED) is 0.818. The lowest BCUT2D eigenvalue weighted by Gasteiger charge is -2.11. The van der Waals surface area contributed by atoms with E-state index in [2.05, 4.69) is 5.32 Å². The van der Waals surface area contributed by atoms with Gasteiger partial charge < -0.3 is 11.1 Å². The lowest BCUT2D eigenvalue weighted by atomic mass is 9.98. The van der Waals surface area contributed by atoms with Crippen molar-refractivity contribution in [2.45, 2.75) is 32.7 Å². The molecule has 1 unspecified atom stereocenters. The van der Waals surface area contributed by atoms with Gasteiger partial charge in [-0.15, -0.1) is 11.3 Å². The van der Waals surface area contributed by atoms with Gasteiger partial charge in [-0.25, -0.2) is 8.78 Å². The fraction of sp³-hybridized carbons (Fsp3) is 0.333. The van der Waals surface area contributed by atoms with E-state index in [1.54, 1.807) is 0 Å². The molecule has 132 valence electrons. The second-order valence-electron chi connectivity index (χ2n) is 6.43. The Hall–Kier alpha value is -2.12. The van der Waals surface area contributed by atoms with E-state index in [1.807, 2.05) is 6.92 Å². The number of nitrogens with one attached hydrogen (secondary N) is 1. The minimum atomic E-state index is -0.916. The highest BCUT2D eigenvalue weighted by Gasteiger charge is 2.33. The number of carbonyl (C=O) groups is 2. The molecule has 25 heavy (non-hydrogen) atoms. The first-order valence-corrected chi connectivity index (χ1v) is 8.81. The molecular weight excluding hydrogens is 346 g/mol. The van der Waals surface area contributed by atoms with Gasteiger partial charge >= 0.3 is 0 Å². The maximum absolute atomic E-state index is 14.1. The molecule has 0 aliphatic heterocycles. The van der Waals surface area contributed by atoms with Crippen molar-refractivity contribution in [2.75, 3.05) is 5.32 Å². The number of halogens is 2. The van der Waals surface area contributed by atoms with E-state index in [0.717, 1.165) is 29.0 Å². The average molecular weight is 364 g/mol. The first-order valence-electron chi connectivity index (χ1n) is 7.99. The highest BCUT2D eigenvalue weighted by atomic mass is 32.1. The molecule has 4 nitrogen and oxygen atoms in total. The zero-order valence-electron chi connectivity index (χ0n) is 13.9. The van der Waals surface area contributed by atoms with Crippen LogP contribution < -0.4 is 11.1 Å². The molecule has 1 aliphatic carbocycles. The van der Waals surface area contributed by atoms with Crippen molar-refractivity contribution in [2.24, 2.45) is 11.7 Å². The smallest absolute Gasteiger partial charge is 0.241 e. The maximum Gasteiger partial charge on any atom is 0.241 e. The molecule has 2 atom stereocenters. The van der Waals surface area contributed by atoms with Gasteiger partial charge in [-0.05, 0) is 43.4 Å². The van der Waals surface area contributed by atoms with Crippen molar-refractivity contribution >= 4 is 28.0 Å². The van der Waals surface area contributed by atoms with Gasteiger partial charge in [0.2, 0.25) is 11.7 Å². The number of ketones is 1. The molecule has 0 saturated carbocycles. The summed E-state index contributed by atoms with van der Waals surface area (Å²) in [5, 5.41) is 2.94. The van der Waals surface area contributed by atoms with Crippen LogP contribution in [-0.2, 0) is 17.6 Å². The molecule has 1 aromatic carbocycles. The van der Waals surface area contributed by atoms with Crippen LogP contribution in [0.25, 0.3) is 0 Å². The van der Waals surface area contributed by atoms with Crippen LogP contribution in [0.4, 0.5) is 13.8 Å². The summed E-state index contributed by atoms with van der Waals surface area (Å²) in [6, 6.07) is 2.54. The Kier molecular flexibility index (Phi) is 4.71. The molecule has 1 heterocycles. The summed E-state index contributed by atoms with van der Waals surface area (Å²) >= 11 is 1.28. The Labute approximate surface area is 148 Å². The second-order valence-corrected chi connectivity index (χ2v) is 7.53. The van der Waals surface area contributed by atoms with Gasteiger partial charge in [-0.3, -0.25) is 9.59 Å². The number of thiophene rings is 1. The number of amides is 1. The molecular formula is C18H18F2N2O2S. The monoisotopic (exact) mass is 364 g/mol. The minimum absolute atomic E-state index is 0.183. The summed E-state index contributed by atoms with van der Waals surface area (Å²) in [6.07, 6.45) is 1.41. The van der Waals surface area contributed by atoms with Crippen LogP contribution in [-0.4, -0.2) is 17.7 Å². The van der Waals surface area contributed by atoms with E-state index < -0.39 is 34.9 Å². The van der Waals surface area contributed by atoms with Gasteiger partial charge in [0.15, 0.2) is 0 Å². The number of anilines is 1. The topological polar surface area (TPSA) is 72.2 Å². The number of benzene rings is 1. The van der Waals surface area contributed by atoms with Crippen LogP contribution in [0.3, 0.4) is 0 Å². The van der Waals surface area contributed by atoms with Gasteiger partial charge in [-0.2, -0.15) is 0 Å². The van der Waals surface area contributed by atoms with Gasteiger partial charge in [0.25, 0.3) is 0 Å². The lowest BCUT2D eigenvalue weighted by molar-refractivity contribution is -0.117. The predicted molar refractivity (Wildman–Crippen MR) is 93.0 cm³/mol. The van der Waals surface area contributed by atoms with Gasteiger partial charge in [0.1, 0.15) is 16.6 Å². The summed E-state index contributed by atoms with van der Waals surface area (Å²) in [5.41, 5.74) is 5.92. The number of nitrogens with two attached hydrogens (primary N) is 1. The van der Waals surface area contributed by atoms with Crippen molar-refractivity contribution < 1.29 is 18.4 Å². The molecule has 7 heteroatoms. The van der Waals surface area contributed by atoms with Gasteiger partial charge in [0, 0.05) is 4.88 Å². The lowest BCUT2D eigenvalue weighted by Crippen LogP contribution is -2.32. The molecule has 2 aromatic rings. The summed E-state index contributed by atoms with van der Waals surface area (Å²) in [4.78, 5) is 25.9. The Morgan fingerprint density at radius 1 is 1.24 bits per heavy atom. The number of fused-ring (bicyclic) bond motifs is 1. The van der Waals surface area contributed by atoms with E-state index >= 15 is 0 Å². The number of carbonyl (C=O) groups excluding carboxylic acids is 2. The molecule has 0 radical (unpaired) electrons. The van der Waals surface area contributed by atoms with Gasteiger partial charge in [-0.1, -0.05) is 13.0 Å². The summed E-state index contributed by atoms with van der Waals surface area (Å²) in [5.74, 6) is -2.68. The first-order chi connectivity index (χ1) is 11.8. The summed E-state index contributed by atoms with van der Waals surface area (Å²) in [6.45, 7) is 3.57. The summed E-state index contributed by atoms with van der Waals surface area (Å²) < 4.78 is 28.2. The van der Waals surface area contributed by atoms with Crippen molar-refractivity contribution in [3.05, 3.63) is 51.4 Å². The Morgan fingerprint density at radius 2 is 1.88 bits per heavy atom. The van der Waals surface area contributed by atoms with Crippen LogP contribution in [0.2, 0.25) is 0 Å². The van der Waals surface area contributed by atoms with E-state index in [-0.39, 0.29) is 5.56 Å². The van der Waals surface area contributed by atoms with Crippen LogP contribution in [0.5, 0.6) is 0 Å². The van der Waals surface area contributed by atoms with Gasteiger partial charge in [0.05, 0.1) is 17.2 Å². The molecule has 1 amide bonds. The SMILES string of the molecule is CC1Cc2sc(NC(=O)[C@H](C)N)c(C(=O)c3c(F)cccc3F)c2C1. The zero-order chi connectivity index (χ0) is 18.3. The second kappa shape index (κ2) is 6.65. The number of rotatable bonds is 4. The molecule has 0 fully saturated rings. The number of hydrogen-bond acceptors (Lipinski definition) is 4. The Bertz CT molecular complexity index is 841. The Balaban J connectivity index is 2.11. The predicted octanol–water partition coefficient (Wildman–Crippen LogP) is 3.28. The van der Waals surface area contributed by atoms with Crippen molar-refractivity contribution in [1.82, 2.24) is 0 Å². The minimum Gasteiger partial charge on any atom is -0.320 e. The van der Waals surface area contributed by atoms with Crippen molar-refractivity contribution in [3.8, 4) is 0 Å². The largest absolute Gasteiger partial charge is 0.320 e. The fourth-order valence-corrected chi connectivity index (χ4v) is 4.42. The third-order valence-electron chi connectivity index (χ3n) is 4.24. The molecule has 0 bridgehead atoms. The highest BCUT2D eigenvalue weighted by Crippen LogP contribution is 2.42. The average Bonchev–Trinajstić information content (AvgIpc) is 3.01. The van der Waals surface area contributed by atoms with Crippen LogP contribution in [0, 0.1) is 17.6 Å². The van der Waals surface area contributed by atoms with E-state index in [1.165, 1.54) is 24.3 Å². The third-order valence-corrected chi connectivity index (χ3v) is 5.41. The maximum atomic E-state index is 14.1. The van der Waals surface area contributed by atoms with E-state index in [4.69, 9.17) is 5.73 Å². The van der Waals surface area contributed by atoms with E-state index in [0.29, 0.717) is 17.3 Å². The molecule has 3 rings (SSSR count). The highest BCUT2D eigenvalue weighted by molar-refractivity contribution is 7.17. The first kappa shape index (κ1) is 17.7. The van der Waals surface area contributed by atoms with Crippen LogP contribution >= 0.6 is 11.3 Å². The Morgan fingerprint density at radius 3 is 2.48 bits per heavy atom. The van der Waals surface area contributed by atoms with Crippen molar-refractivity contribution in [3.63, 3.8) is 0 Å². The fourth-order valence-electron chi connectivity index (χ4n) is 3.02. The normalized spacial score (nSPS) is 17.2. The third kappa shape index (κ3) is 3.21. The molecule has 1 aliphatic rings. The van der Waals surface area contributed by atoms with E-state index in [9.17, 15) is 18.4 Å². The zero-order valence-corrected chi connectivity index (χ0v) is 14.7. The van der Waals surface area contributed by atoms with Crippen LogP contribution in [0.1, 0.15) is 40.2 Å². The number of hydrogen-bond donors (Lipinski definition) is 2. The summed E-state index contributed by atoms with van der Waals surface area (Å²) in [7, 11) is 0. The molecule has 0 spiro atoms. The molecule has 3 N–H and O–H groups in total. The molecule has 0 saturated heterocycles. The van der Waals surface area contributed by atoms with Crippen molar-refractivity contribution in [1.29, 1.82) is 0 Å². The standard InChI is InChI=1S/C18H18F2N2O2S/c1-8-6-10-13(7-8)25-18(22-17(24)9(2)21)14(10)16(23)15-11(19)4-3-5-12(15)20/h3-5,8-9H,6-7,21H2,1-2H3,(H,22,24)/t8?,9-/m0/s1.